The van der Waals surface area contributed by atoms with E-state index in [9.17, 15) is 0 Å². The van der Waals surface area contributed by atoms with Gasteiger partial charge in [0, 0.05) is 17.1 Å². The minimum absolute atomic E-state index is 1.01. The second-order valence-corrected chi connectivity index (χ2v) is 7.71. The molecule has 0 aliphatic rings. The van der Waals surface area contributed by atoms with E-state index in [-0.39, 0.29) is 0 Å². The molecule has 0 spiro atoms. The third-order valence-electron chi connectivity index (χ3n) is 4.95. The van der Waals surface area contributed by atoms with Gasteiger partial charge in [0.1, 0.15) is 0 Å². The number of aryl methyl sites for hydroxylation is 3. The Balaban J connectivity index is 1.74. The van der Waals surface area contributed by atoms with Crippen LogP contribution in [0.15, 0.2) is 91.0 Å². The lowest BCUT2D eigenvalue weighted by molar-refractivity contribution is 1.42. The highest BCUT2D eigenvalue weighted by atomic mass is 15.0. The maximum atomic E-state index is 3.63. The smallest absolute Gasteiger partial charge is 0.0862 e. The van der Waals surface area contributed by atoms with Crippen molar-refractivity contribution in [3.8, 4) is 0 Å². The summed E-state index contributed by atoms with van der Waals surface area (Å²) in [4.78, 5) is 0. The summed E-state index contributed by atoms with van der Waals surface area (Å²) < 4.78 is 0. The Labute approximate surface area is 178 Å². The summed E-state index contributed by atoms with van der Waals surface area (Å²) in [5.41, 5.74) is 9.89. The van der Waals surface area contributed by atoms with Crippen molar-refractivity contribution >= 4 is 34.1 Å². The number of rotatable bonds is 6. The third kappa shape index (κ3) is 4.81. The highest BCUT2D eigenvalue weighted by Crippen LogP contribution is 2.37. The summed E-state index contributed by atoms with van der Waals surface area (Å²) in [6, 6.07) is 31.5. The van der Waals surface area contributed by atoms with Gasteiger partial charge in [0.2, 0.25) is 0 Å². The van der Waals surface area contributed by atoms with Crippen LogP contribution in [0.3, 0.4) is 0 Å². The lowest BCUT2D eigenvalue weighted by atomic mass is 10.1. The minimum atomic E-state index is 1.01. The molecule has 0 unspecified atom stereocenters. The van der Waals surface area contributed by atoms with Crippen LogP contribution < -0.4 is 16.0 Å². The molecule has 30 heavy (non-hydrogen) atoms. The Morgan fingerprint density at radius 1 is 0.433 bits per heavy atom. The molecule has 150 valence electrons. The Morgan fingerprint density at radius 2 is 0.800 bits per heavy atom. The molecule has 0 atom stereocenters. The Morgan fingerprint density at radius 3 is 1.20 bits per heavy atom. The molecule has 0 bridgehead atoms. The highest BCUT2D eigenvalue weighted by Gasteiger charge is 2.11. The van der Waals surface area contributed by atoms with E-state index in [1.165, 1.54) is 16.7 Å². The number of para-hydroxylation sites is 1. The molecule has 3 heteroatoms. The fourth-order valence-corrected chi connectivity index (χ4v) is 3.52. The van der Waals surface area contributed by atoms with Crippen molar-refractivity contribution in [3.05, 3.63) is 108 Å². The predicted octanol–water partition coefficient (Wildman–Crippen LogP) is 7.84. The van der Waals surface area contributed by atoms with Crippen molar-refractivity contribution in [2.24, 2.45) is 0 Å². The fraction of sp³-hybridized carbons (Fsp3) is 0.111. The van der Waals surface area contributed by atoms with Crippen LogP contribution in [0.5, 0.6) is 0 Å². The maximum Gasteiger partial charge on any atom is 0.0862 e. The van der Waals surface area contributed by atoms with E-state index in [0.29, 0.717) is 0 Å². The van der Waals surface area contributed by atoms with Crippen LogP contribution in [0, 0.1) is 20.8 Å². The lowest BCUT2D eigenvalue weighted by Crippen LogP contribution is -2.02. The molecule has 0 saturated heterocycles. The molecule has 0 fully saturated rings. The van der Waals surface area contributed by atoms with Crippen LogP contribution in [-0.4, -0.2) is 0 Å². The van der Waals surface area contributed by atoms with Crippen molar-refractivity contribution < 1.29 is 0 Å². The van der Waals surface area contributed by atoms with E-state index in [4.69, 9.17) is 0 Å². The molecule has 4 aromatic rings. The number of nitrogens with one attached hydrogen (secondary N) is 3. The molecule has 0 aromatic heterocycles. The zero-order chi connectivity index (χ0) is 20.9. The molecule has 0 aliphatic heterocycles. The molecule has 0 aliphatic carbocycles. The number of benzene rings is 4. The number of anilines is 6. The van der Waals surface area contributed by atoms with Gasteiger partial charge in [-0.05, 0) is 86.0 Å². The standard InChI is InChI=1S/C27H27N3/c1-19-8-4-11-22(16-19)28-25-14-7-15-26(29-23-12-5-9-20(2)17-23)27(25)30-24-13-6-10-21(3)18-24/h4-18,28-30H,1-3H3. The zero-order valence-electron chi connectivity index (χ0n) is 17.7. The molecule has 0 amide bonds. The van der Waals surface area contributed by atoms with Crippen molar-refractivity contribution in [2.45, 2.75) is 20.8 Å². The fourth-order valence-electron chi connectivity index (χ4n) is 3.52. The van der Waals surface area contributed by atoms with Gasteiger partial charge in [-0.25, -0.2) is 0 Å². The summed E-state index contributed by atoms with van der Waals surface area (Å²) in [5.74, 6) is 0. The Bertz CT molecular complexity index is 1100. The summed E-state index contributed by atoms with van der Waals surface area (Å²) in [7, 11) is 0. The van der Waals surface area contributed by atoms with E-state index in [2.05, 4.69) is 128 Å². The van der Waals surface area contributed by atoms with Gasteiger partial charge < -0.3 is 16.0 Å². The van der Waals surface area contributed by atoms with Crippen LogP contribution in [-0.2, 0) is 0 Å². The van der Waals surface area contributed by atoms with Gasteiger partial charge in [0.15, 0.2) is 0 Å². The molecular formula is C27H27N3. The van der Waals surface area contributed by atoms with Crippen LogP contribution in [0.1, 0.15) is 16.7 Å². The molecule has 4 rings (SSSR count). The molecule has 0 saturated carbocycles. The first kappa shape index (κ1) is 19.6. The first-order valence-electron chi connectivity index (χ1n) is 10.2. The van der Waals surface area contributed by atoms with Crippen LogP contribution in [0.4, 0.5) is 34.1 Å². The van der Waals surface area contributed by atoms with Crippen LogP contribution >= 0.6 is 0 Å². The Kier molecular flexibility index (Phi) is 5.71. The quantitative estimate of drug-likeness (QED) is 0.312. The van der Waals surface area contributed by atoms with E-state index < -0.39 is 0 Å². The average molecular weight is 394 g/mol. The van der Waals surface area contributed by atoms with E-state index in [1.54, 1.807) is 0 Å². The normalized spacial score (nSPS) is 10.5. The van der Waals surface area contributed by atoms with E-state index >= 15 is 0 Å². The van der Waals surface area contributed by atoms with Crippen molar-refractivity contribution in [2.75, 3.05) is 16.0 Å². The third-order valence-corrected chi connectivity index (χ3v) is 4.95. The second kappa shape index (κ2) is 8.75. The van der Waals surface area contributed by atoms with E-state index in [1.807, 2.05) is 0 Å². The Hall–Kier alpha value is -3.72. The van der Waals surface area contributed by atoms with Crippen molar-refractivity contribution in [1.82, 2.24) is 0 Å². The molecule has 3 nitrogen and oxygen atoms in total. The van der Waals surface area contributed by atoms with Gasteiger partial charge in [0.05, 0.1) is 17.1 Å². The van der Waals surface area contributed by atoms with Crippen molar-refractivity contribution in [3.63, 3.8) is 0 Å². The topological polar surface area (TPSA) is 36.1 Å². The monoisotopic (exact) mass is 393 g/mol. The second-order valence-electron chi connectivity index (χ2n) is 7.71. The van der Waals surface area contributed by atoms with Gasteiger partial charge >= 0.3 is 0 Å². The largest absolute Gasteiger partial charge is 0.354 e. The average Bonchev–Trinajstić information content (AvgIpc) is 2.70. The number of hydrogen-bond acceptors (Lipinski definition) is 3. The van der Waals surface area contributed by atoms with Gasteiger partial charge in [-0.15, -0.1) is 0 Å². The van der Waals surface area contributed by atoms with Gasteiger partial charge in [0.25, 0.3) is 0 Å². The number of hydrogen-bond donors (Lipinski definition) is 3. The summed E-state index contributed by atoms with van der Waals surface area (Å²) >= 11 is 0. The van der Waals surface area contributed by atoms with Gasteiger partial charge in [-0.1, -0.05) is 42.5 Å². The molecular weight excluding hydrogens is 366 g/mol. The molecule has 0 heterocycles. The van der Waals surface area contributed by atoms with Crippen LogP contribution in [0.25, 0.3) is 0 Å². The summed E-state index contributed by atoms with van der Waals surface area (Å²) in [5, 5.41) is 10.8. The maximum absolute atomic E-state index is 3.63. The first-order valence-corrected chi connectivity index (χ1v) is 10.2. The SMILES string of the molecule is Cc1cccc(Nc2cccc(Nc3cccc(C)c3)c2Nc2cccc(C)c2)c1. The van der Waals surface area contributed by atoms with Gasteiger partial charge in [-0.3, -0.25) is 0 Å². The molecule has 4 aromatic carbocycles. The predicted molar refractivity (Wildman–Crippen MR) is 130 cm³/mol. The van der Waals surface area contributed by atoms with Gasteiger partial charge in [-0.2, -0.15) is 0 Å². The van der Waals surface area contributed by atoms with Crippen LogP contribution in [0.2, 0.25) is 0 Å². The highest BCUT2D eigenvalue weighted by molar-refractivity contribution is 5.90. The molecule has 3 N–H and O–H groups in total. The zero-order valence-corrected chi connectivity index (χ0v) is 17.7. The van der Waals surface area contributed by atoms with Crippen molar-refractivity contribution in [1.29, 1.82) is 0 Å². The summed E-state index contributed by atoms with van der Waals surface area (Å²) in [6.45, 7) is 6.31. The molecule has 0 radical (unpaired) electrons. The summed E-state index contributed by atoms with van der Waals surface area (Å²) in [6.07, 6.45) is 0. The lowest BCUT2D eigenvalue weighted by Gasteiger charge is -2.20. The minimum Gasteiger partial charge on any atom is -0.354 e. The first-order chi connectivity index (χ1) is 14.6. The van der Waals surface area contributed by atoms with E-state index in [0.717, 1.165) is 34.1 Å².